The van der Waals surface area contributed by atoms with Gasteiger partial charge in [0.2, 0.25) is 6.20 Å². The van der Waals surface area contributed by atoms with Gasteiger partial charge in [0.15, 0.2) is 5.22 Å². The van der Waals surface area contributed by atoms with Gasteiger partial charge in [-0.05, 0) is 23.7 Å². The Morgan fingerprint density at radius 3 is 2.82 bits per heavy atom. The van der Waals surface area contributed by atoms with Gasteiger partial charge in [0.1, 0.15) is 5.76 Å². The predicted octanol–water partition coefficient (Wildman–Crippen LogP) is 2.18. The van der Waals surface area contributed by atoms with E-state index in [2.05, 4.69) is 0 Å². The molecule has 11 heavy (non-hydrogen) atoms. The molecule has 0 aliphatic rings. The summed E-state index contributed by atoms with van der Waals surface area (Å²) in [6.45, 7) is 0. The van der Waals surface area contributed by atoms with Crippen LogP contribution in [0.5, 0.6) is 0 Å². The van der Waals surface area contributed by atoms with Gasteiger partial charge < -0.3 is 4.42 Å². The van der Waals surface area contributed by atoms with Gasteiger partial charge in [-0.3, -0.25) is 10.1 Å². The fraction of sp³-hybridized carbons (Fsp3) is 0. The standard InChI is InChI=1S/C6H4ClNO3/c7-6-2-1-5(11-6)3-4-8(9)10/h1-4H. The molecular formula is C6H4ClNO3. The predicted molar refractivity (Wildman–Crippen MR) is 39.7 cm³/mol. The summed E-state index contributed by atoms with van der Waals surface area (Å²) in [5.41, 5.74) is 0. The lowest BCUT2D eigenvalue weighted by atomic mass is 10.4. The SMILES string of the molecule is O=[N+]([O-])C=Cc1ccc(Cl)o1. The van der Waals surface area contributed by atoms with Gasteiger partial charge in [0, 0.05) is 0 Å². The van der Waals surface area contributed by atoms with E-state index in [0.717, 1.165) is 6.20 Å². The molecule has 0 aromatic carbocycles. The minimum atomic E-state index is -0.573. The number of hydrogen-bond donors (Lipinski definition) is 0. The number of halogens is 1. The normalized spacial score (nSPS) is 10.6. The quantitative estimate of drug-likeness (QED) is 0.509. The van der Waals surface area contributed by atoms with Crippen LogP contribution in [0, 0.1) is 10.1 Å². The molecular weight excluding hydrogens is 170 g/mol. The molecule has 5 heteroatoms. The van der Waals surface area contributed by atoms with E-state index in [4.69, 9.17) is 16.0 Å². The molecule has 0 saturated heterocycles. The Morgan fingerprint density at radius 2 is 2.36 bits per heavy atom. The van der Waals surface area contributed by atoms with Crippen LogP contribution in [0.2, 0.25) is 5.22 Å². The lowest BCUT2D eigenvalue weighted by molar-refractivity contribution is -0.401. The molecule has 0 aliphatic heterocycles. The summed E-state index contributed by atoms with van der Waals surface area (Å²) in [4.78, 5) is 9.25. The highest BCUT2D eigenvalue weighted by atomic mass is 35.5. The molecule has 1 heterocycles. The topological polar surface area (TPSA) is 56.3 Å². The second-order valence-electron chi connectivity index (χ2n) is 1.74. The second kappa shape index (κ2) is 3.21. The lowest BCUT2D eigenvalue weighted by Crippen LogP contribution is -1.80. The van der Waals surface area contributed by atoms with Crippen LogP contribution in [0.3, 0.4) is 0 Å². The molecule has 1 aromatic heterocycles. The molecule has 0 spiro atoms. The van der Waals surface area contributed by atoms with Gasteiger partial charge in [-0.15, -0.1) is 0 Å². The minimum absolute atomic E-state index is 0.216. The average molecular weight is 174 g/mol. The zero-order valence-electron chi connectivity index (χ0n) is 5.36. The molecule has 0 bridgehead atoms. The van der Waals surface area contributed by atoms with Crippen LogP contribution in [0.1, 0.15) is 5.76 Å². The second-order valence-corrected chi connectivity index (χ2v) is 2.12. The van der Waals surface area contributed by atoms with Gasteiger partial charge in [-0.25, -0.2) is 0 Å². The molecule has 0 N–H and O–H groups in total. The first-order valence-corrected chi connectivity index (χ1v) is 3.13. The van der Waals surface area contributed by atoms with Gasteiger partial charge >= 0.3 is 0 Å². The van der Waals surface area contributed by atoms with E-state index in [0.29, 0.717) is 5.76 Å². The molecule has 58 valence electrons. The van der Waals surface area contributed by atoms with E-state index in [9.17, 15) is 10.1 Å². The average Bonchev–Trinajstić information content (AvgIpc) is 2.31. The van der Waals surface area contributed by atoms with E-state index < -0.39 is 4.92 Å². The Hall–Kier alpha value is -1.29. The fourth-order valence-electron chi connectivity index (χ4n) is 0.552. The number of furan rings is 1. The van der Waals surface area contributed by atoms with Crippen molar-refractivity contribution in [3.63, 3.8) is 0 Å². The maximum atomic E-state index is 9.82. The first kappa shape index (κ1) is 7.81. The van der Waals surface area contributed by atoms with Crippen LogP contribution in [0.4, 0.5) is 0 Å². The van der Waals surface area contributed by atoms with Crippen LogP contribution in [-0.4, -0.2) is 4.92 Å². The van der Waals surface area contributed by atoms with E-state index >= 15 is 0 Å². The van der Waals surface area contributed by atoms with E-state index in [1.807, 2.05) is 0 Å². The smallest absolute Gasteiger partial charge is 0.238 e. The van der Waals surface area contributed by atoms with Gasteiger partial charge in [0.25, 0.3) is 0 Å². The van der Waals surface area contributed by atoms with Crippen molar-refractivity contribution in [1.29, 1.82) is 0 Å². The largest absolute Gasteiger partial charge is 0.445 e. The van der Waals surface area contributed by atoms with E-state index in [1.165, 1.54) is 12.1 Å². The summed E-state index contributed by atoms with van der Waals surface area (Å²) in [6.07, 6.45) is 2.01. The molecule has 0 atom stereocenters. The number of nitro groups is 1. The summed E-state index contributed by atoms with van der Waals surface area (Å²) in [6, 6.07) is 3.06. The molecule has 0 radical (unpaired) electrons. The highest BCUT2D eigenvalue weighted by Gasteiger charge is 1.95. The zero-order valence-corrected chi connectivity index (χ0v) is 6.12. The molecule has 1 rings (SSSR count). The van der Waals surface area contributed by atoms with Crippen molar-refractivity contribution in [2.24, 2.45) is 0 Å². The van der Waals surface area contributed by atoms with Crippen LogP contribution >= 0.6 is 11.6 Å². The third-order valence-electron chi connectivity index (χ3n) is 0.955. The molecule has 0 aliphatic carbocycles. The molecule has 0 unspecified atom stereocenters. The van der Waals surface area contributed by atoms with Crippen LogP contribution in [0.25, 0.3) is 6.08 Å². The van der Waals surface area contributed by atoms with Crippen molar-refractivity contribution in [1.82, 2.24) is 0 Å². The Labute approximate surface area is 67.2 Å². The Morgan fingerprint density at radius 1 is 1.64 bits per heavy atom. The first-order valence-electron chi connectivity index (χ1n) is 2.75. The molecule has 0 amide bonds. The van der Waals surface area contributed by atoms with E-state index in [1.54, 1.807) is 6.07 Å². The Bertz CT molecular complexity index is 292. The summed E-state index contributed by atoms with van der Waals surface area (Å²) >= 11 is 5.41. The third kappa shape index (κ3) is 2.43. The van der Waals surface area contributed by atoms with Crippen LogP contribution < -0.4 is 0 Å². The van der Waals surface area contributed by atoms with Crippen LogP contribution in [0.15, 0.2) is 22.7 Å². The fourth-order valence-corrected chi connectivity index (χ4v) is 0.704. The Kier molecular flexibility index (Phi) is 2.28. The van der Waals surface area contributed by atoms with Crippen molar-refractivity contribution in [2.75, 3.05) is 0 Å². The van der Waals surface area contributed by atoms with Gasteiger partial charge in [-0.1, -0.05) is 0 Å². The molecule has 0 saturated carbocycles. The zero-order chi connectivity index (χ0) is 8.27. The van der Waals surface area contributed by atoms with Crippen LogP contribution in [-0.2, 0) is 0 Å². The Balaban J connectivity index is 2.71. The monoisotopic (exact) mass is 173 g/mol. The highest BCUT2D eigenvalue weighted by molar-refractivity contribution is 6.28. The maximum absolute atomic E-state index is 9.82. The lowest BCUT2D eigenvalue weighted by Gasteiger charge is -1.79. The summed E-state index contributed by atoms with van der Waals surface area (Å²) < 4.78 is 4.81. The maximum Gasteiger partial charge on any atom is 0.238 e. The molecule has 1 aromatic rings. The first-order chi connectivity index (χ1) is 5.18. The minimum Gasteiger partial charge on any atom is -0.445 e. The number of hydrogen-bond acceptors (Lipinski definition) is 3. The van der Waals surface area contributed by atoms with Crippen molar-refractivity contribution in [3.05, 3.63) is 39.4 Å². The summed E-state index contributed by atoms with van der Waals surface area (Å²) in [5.74, 6) is 0.367. The third-order valence-corrected chi connectivity index (χ3v) is 1.16. The van der Waals surface area contributed by atoms with Gasteiger partial charge in [0.05, 0.1) is 11.0 Å². The van der Waals surface area contributed by atoms with Gasteiger partial charge in [-0.2, -0.15) is 0 Å². The van der Waals surface area contributed by atoms with E-state index in [-0.39, 0.29) is 5.22 Å². The van der Waals surface area contributed by atoms with Crippen molar-refractivity contribution in [2.45, 2.75) is 0 Å². The van der Waals surface area contributed by atoms with Crippen molar-refractivity contribution >= 4 is 17.7 Å². The molecule has 0 fully saturated rings. The molecule has 4 nitrogen and oxygen atoms in total. The number of nitrogens with zero attached hydrogens (tertiary/aromatic N) is 1. The number of rotatable bonds is 2. The summed E-state index contributed by atoms with van der Waals surface area (Å²) in [5, 5.41) is 10.0. The van der Waals surface area contributed by atoms with Crippen molar-refractivity contribution < 1.29 is 9.34 Å². The van der Waals surface area contributed by atoms with Crippen molar-refractivity contribution in [3.8, 4) is 0 Å². The summed E-state index contributed by atoms with van der Waals surface area (Å²) in [7, 11) is 0. The highest BCUT2D eigenvalue weighted by Crippen LogP contribution is 2.13.